The van der Waals surface area contributed by atoms with Gasteiger partial charge >= 0.3 is 0 Å². The van der Waals surface area contributed by atoms with Crippen molar-refractivity contribution in [2.75, 3.05) is 7.11 Å². The van der Waals surface area contributed by atoms with Gasteiger partial charge in [0, 0.05) is 36.7 Å². The van der Waals surface area contributed by atoms with Crippen molar-refractivity contribution < 1.29 is 9.53 Å². The number of hydrogen-bond acceptors (Lipinski definition) is 6. The maximum Gasteiger partial charge on any atom is 0.251 e. The third kappa shape index (κ3) is 6.10. The number of benzene rings is 3. The Hall–Kier alpha value is -4.43. The van der Waals surface area contributed by atoms with Crippen molar-refractivity contribution in [2.24, 2.45) is 0 Å². The summed E-state index contributed by atoms with van der Waals surface area (Å²) in [5, 5.41) is 12.8. The minimum atomic E-state index is -0.109. The van der Waals surface area contributed by atoms with E-state index >= 15 is 0 Å². The summed E-state index contributed by atoms with van der Waals surface area (Å²) >= 11 is 1.59. The van der Waals surface area contributed by atoms with Gasteiger partial charge in [-0.3, -0.25) is 14.3 Å². The summed E-state index contributed by atoms with van der Waals surface area (Å²) < 4.78 is 7.72. The number of carbonyl (C=O) groups excluding carboxylic acids is 1. The lowest BCUT2D eigenvalue weighted by Crippen LogP contribution is -2.22. The molecule has 3 aromatic carbocycles. The molecule has 1 N–H and O–H groups in total. The van der Waals surface area contributed by atoms with Gasteiger partial charge in [-0.15, -0.1) is 10.2 Å². The number of nitrogens with one attached hydrogen (secondary N) is 1. The number of methoxy groups -OCH3 is 1. The van der Waals surface area contributed by atoms with Crippen LogP contribution < -0.4 is 10.1 Å². The highest BCUT2D eigenvalue weighted by atomic mass is 32.2. The van der Waals surface area contributed by atoms with Crippen LogP contribution in [0.5, 0.6) is 5.75 Å². The van der Waals surface area contributed by atoms with Crippen LogP contribution in [-0.2, 0) is 18.7 Å². The van der Waals surface area contributed by atoms with Crippen LogP contribution in [0, 0.1) is 0 Å². The molecule has 5 aromatic rings. The summed E-state index contributed by atoms with van der Waals surface area (Å²) in [7, 11) is 1.67. The molecule has 0 aliphatic rings. The summed E-state index contributed by atoms with van der Waals surface area (Å²) in [6, 6.07) is 29.5. The zero-order valence-corrected chi connectivity index (χ0v) is 21.8. The monoisotopic (exact) mass is 521 g/mol. The first-order valence-corrected chi connectivity index (χ1v) is 13.2. The van der Waals surface area contributed by atoms with E-state index in [1.165, 1.54) is 0 Å². The summed E-state index contributed by atoms with van der Waals surface area (Å²) in [5.74, 6) is 2.16. The quantitative estimate of drug-likeness (QED) is 0.245. The van der Waals surface area contributed by atoms with E-state index in [4.69, 9.17) is 4.74 Å². The average Bonchev–Trinajstić information content (AvgIpc) is 3.38. The van der Waals surface area contributed by atoms with Gasteiger partial charge in [-0.1, -0.05) is 66.4 Å². The van der Waals surface area contributed by atoms with Gasteiger partial charge in [-0.25, -0.2) is 0 Å². The van der Waals surface area contributed by atoms with Crippen LogP contribution in [0.25, 0.3) is 5.69 Å². The number of carbonyl (C=O) groups is 1. The molecule has 0 bridgehead atoms. The minimum absolute atomic E-state index is 0.109. The molecule has 0 aliphatic heterocycles. The maximum absolute atomic E-state index is 12.6. The van der Waals surface area contributed by atoms with E-state index in [-0.39, 0.29) is 5.91 Å². The number of aromatic nitrogens is 4. The van der Waals surface area contributed by atoms with E-state index in [1.54, 1.807) is 31.3 Å². The smallest absolute Gasteiger partial charge is 0.251 e. The molecule has 0 unspecified atom stereocenters. The number of nitrogens with zero attached hydrogens (tertiary/aromatic N) is 4. The van der Waals surface area contributed by atoms with Gasteiger partial charge in [0.1, 0.15) is 11.6 Å². The van der Waals surface area contributed by atoms with Crippen LogP contribution in [0.2, 0.25) is 0 Å². The van der Waals surface area contributed by atoms with Gasteiger partial charge in [-0.2, -0.15) is 0 Å². The van der Waals surface area contributed by atoms with Gasteiger partial charge in [0.2, 0.25) is 0 Å². The molecule has 8 heteroatoms. The highest BCUT2D eigenvalue weighted by Crippen LogP contribution is 2.31. The lowest BCUT2D eigenvalue weighted by Gasteiger charge is -2.14. The van der Waals surface area contributed by atoms with Gasteiger partial charge in [0.05, 0.1) is 12.8 Å². The van der Waals surface area contributed by atoms with E-state index in [2.05, 4.69) is 37.2 Å². The standard InChI is InChI=1S/C30H27N5O2S/c1-37-27-10-6-5-9-26(27)35-28(19-22-7-3-2-4-8-22)33-34-30(35)38-21-24-11-13-25(14-12-24)29(36)32-20-23-15-17-31-18-16-23/h2-18H,19-21H2,1H3,(H,32,36). The van der Waals surface area contributed by atoms with Crippen LogP contribution >= 0.6 is 11.8 Å². The average molecular weight is 522 g/mol. The fourth-order valence-corrected chi connectivity index (χ4v) is 4.95. The second-order valence-electron chi connectivity index (χ2n) is 8.59. The number of thioether (sulfide) groups is 1. The van der Waals surface area contributed by atoms with Crippen LogP contribution in [0.1, 0.15) is 32.9 Å². The third-order valence-electron chi connectivity index (χ3n) is 6.02. The normalized spacial score (nSPS) is 10.8. The lowest BCUT2D eigenvalue weighted by molar-refractivity contribution is 0.0951. The molecule has 7 nitrogen and oxygen atoms in total. The molecule has 2 aromatic heterocycles. The van der Waals surface area contributed by atoms with E-state index in [1.807, 2.05) is 78.9 Å². The van der Waals surface area contributed by atoms with Gasteiger partial charge in [-0.05, 0) is 53.1 Å². The third-order valence-corrected chi connectivity index (χ3v) is 7.02. The van der Waals surface area contributed by atoms with Crippen molar-refractivity contribution >= 4 is 17.7 Å². The molecule has 0 spiro atoms. The van der Waals surface area contributed by atoms with Gasteiger partial charge < -0.3 is 10.1 Å². The minimum Gasteiger partial charge on any atom is -0.495 e. The number of pyridine rings is 1. The fraction of sp³-hybridized carbons (Fsp3) is 0.133. The Morgan fingerprint density at radius 1 is 0.842 bits per heavy atom. The number of para-hydroxylation sites is 2. The van der Waals surface area contributed by atoms with E-state index in [0.29, 0.717) is 24.3 Å². The predicted molar refractivity (Wildman–Crippen MR) is 149 cm³/mol. The zero-order valence-electron chi connectivity index (χ0n) is 20.9. The lowest BCUT2D eigenvalue weighted by atomic mass is 10.1. The zero-order chi connectivity index (χ0) is 26.2. The van der Waals surface area contributed by atoms with Crippen molar-refractivity contribution in [3.8, 4) is 11.4 Å². The molecule has 1 amide bonds. The van der Waals surface area contributed by atoms with Crippen molar-refractivity contribution in [3.63, 3.8) is 0 Å². The summed E-state index contributed by atoms with van der Waals surface area (Å²) in [4.78, 5) is 16.6. The van der Waals surface area contributed by atoms with Crippen LogP contribution in [0.15, 0.2) is 109 Å². The Labute approximate surface area is 225 Å². The first kappa shape index (κ1) is 25.2. The first-order chi connectivity index (χ1) is 18.7. The molecule has 2 heterocycles. The Kier molecular flexibility index (Phi) is 8.10. The van der Waals surface area contributed by atoms with Crippen LogP contribution in [0.3, 0.4) is 0 Å². The van der Waals surface area contributed by atoms with Gasteiger partial charge in [0.25, 0.3) is 5.91 Å². The number of amides is 1. The molecule has 0 atom stereocenters. The molecule has 5 rings (SSSR count). The highest BCUT2D eigenvalue weighted by molar-refractivity contribution is 7.98. The number of rotatable bonds is 10. The van der Waals surface area contributed by atoms with Crippen molar-refractivity contribution in [1.29, 1.82) is 0 Å². The molecule has 0 saturated heterocycles. The maximum atomic E-state index is 12.6. The van der Waals surface area contributed by atoms with Crippen molar-refractivity contribution in [1.82, 2.24) is 25.1 Å². The molecule has 0 radical (unpaired) electrons. The number of ether oxygens (including phenoxy) is 1. The molecular weight excluding hydrogens is 494 g/mol. The molecule has 0 saturated carbocycles. The number of hydrogen-bond donors (Lipinski definition) is 1. The largest absolute Gasteiger partial charge is 0.495 e. The van der Waals surface area contributed by atoms with Gasteiger partial charge in [0.15, 0.2) is 5.16 Å². The SMILES string of the molecule is COc1ccccc1-n1c(Cc2ccccc2)nnc1SCc1ccc(C(=O)NCc2ccncc2)cc1. The van der Waals surface area contributed by atoms with Crippen molar-refractivity contribution in [3.05, 3.63) is 131 Å². The van der Waals surface area contributed by atoms with Crippen LogP contribution in [-0.4, -0.2) is 32.8 Å². The van der Waals surface area contributed by atoms with Crippen molar-refractivity contribution in [2.45, 2.75) is 23.9 Å². The van der Waals surface area contributed by atoms with E-state index in [0.717, 1.165) is 39.1 Å². The second kappa shape index (κ2) is 12.2. The fourth-order valence-electron chi connectivity index (χ4n) is 4.03. The Morgan fingerprint density at radius 2 is 1.58 bits per heavy atom. The summed E-state index contributed by atoms with van der Waals surface area (Å²) in [6.45, 7) is 0.461. The second-order valence-corrected chi connectivity index (χ2v) is 9.53. The Balaban J connectivity index is 1.31. The molecular formula is C30H27N5O2S. The summed E-state index contributed by atoms with van der Waals surface area (Å²) in [5.41, 5.74) is 4.77. The summed E-state index contributed by atoms with van der Waals surface area (Å²) in [6.07, 6.45) is 4.08. The van der Waals surface area contributed by atoms with E-state index < -0.39 is 0 Å². The molecule has 190 valence electrons. The van der Waals surface area contributed by atoms with E-state index in [9.17, 15) is 4.79 Å². The van der Waals surface area contributed by atoms with Crippen LogP contribution in [0.4, 0.5) is 0 Å². The highest BCUT2D eigenvalue weighted by Gasteiger charge is 2.18. The Morgan fingerprint density at radius 3 is 2.34 bits per heavy atom. The molecule has 0 fully saturated rings. The molecule has 38 heavy (non-hydrogen) atoms. The topological polar surface area (TPSA) is 81.9 Å². The molecule has 0 aliphatic carbocycles. The Bertz CT molecular complexity index is 1490. The predicted octanol–water partition coefficient (Wildman–Crippen LogP) is 5.48. The first-order valence-electron chi connectivity index (χ1n) is 12.2.